The zero-order valence-electron chi connectivity index (χ0n) is 9.40. The monoisotopic (exact) mass is 249 g/mol. The van der Waals surface area contributed by atoms with Crippen molar-refractivity contribution in [2.45, 2.75) is 13.1 Å². The maximum Gasteiger partial charge on any atom is 0.269 e. The van der Waals surface area contributed by atoms with E-state index in [1.165, 1.54) is 0 Å². The molecule has 0 unspecified atom stereocenters. The number of rotatable bonds is 1. The molecule has 0 radical (unpaired) electrons. The van der Waals surface area contributed by atoms with Crippen molar-refractivity contribution in [3.8, 4) is 5.69 Å². The number of aromatic amines is 1. The summed E-state index contributed by atoms with van der Waals surface area (Å²) in [5.74, 6) is 0. The lowest BCUT2D eigenvalue weighted by Gasteiger charge is -2.09. The Bertz CT molecular complexity index is 629. The number of aromatic nitrogens is 2. The highest BCUT2D eigenvalue weighted by atomic mass is 35.5. The van der Waals surface area contributed by atoms with Crippen molar-refractivity contribution in [1.29, 1.82) is 0 Å². The van der Waals surface area contributed by atoms with Gasteiger partial charge in [0.25, 0.3) is 5.56 Å². The van der Waals surface area contributed by atoms with Crippen LogP contribution in [0.15, 0.2) is 29.1 Å². The molecule has 0 amide bonds. The summed E-state index contributed by atoms with van der Waals surface area (Å²) in [6.07, 6.45) is 0. The Kier molecular flexibility index (Phi) is 2.34. The van der Waals surface area contributed by atoms with Crippen LogP contribution in [0.1, 0.15) is 11.3 Å². The molecule has 0 atom stereocenters. The van der Waals surface area contributed by atoms with Gasteiger partial charge in [-0.15, -0.1) is 0 Å². The summed E-state index contributed by atoms with van der Waals surface area (Å²) in [5, 5.41) is 3.52. The lowest BCUT2D eigenvalue weighted by molar-refractivity contribution is 0.345. The van der Waals surface area contributed by atoms with Crippen LogP contribution in [0, 0.1) is 0 Å². The largest absolute Gasteiger partial charge is 0.296 e. The van der Waals surface area contributed by atoms with Crippen molar-refractivity contribution >= 4 is 11.6 Å². The molecule has 1 N–H and O–H groups in total. The maximum atomic E-state index is 11.8. The SMILES string of the molecule is CN1Cc2c(n(-c3cccc(Cl)c3)[nH]c2=O)C1. The van der Waals surface area contributed by atoms with E-state index in [1.807, 2.05) is 36.0 Å². The van der Waals surface area contributed by atoms with E-state index in [2.05, 4.69) is 10.00 Å². The second kappa shape index (κ2) is 3.75. The minimum Gasteiger partial charge on any atom is -0.296 e. The molecule has 4 nitrogen and oxygen atoms in total. The molecule has 1 aliphatic heterocycles. The highest BCUT2D eigenvalue weighted by molar-refractivity contribution is 6.30. The fraction of sp³-hybridized carbons (Fsp3) is 0.250. The van der Waals surface area contributed by atoms with Gasteiger partial charge in [-0.25, -0.2) is 0 Å². The van der Waals surface area contributed by atoms with Gasteiger partial charge in [-0.1, -0.05) is 17.7 Å². The molecule has 0 fully saturated rings. The molecule has 88 valence electrons. The van der Waals surface area contributed by atoms with E-state index in [-0.39, 0.29) is 5.56 Å². The third-order valence-electron chi connectivity index (χ3n) is 3.02. The molecule has 0 saturated heterocycles. The van der Waals surface area contributed by atoms with Gasteiger partial charge in [-0.2, -0.15) is 0 Å². The van der Waals surface area contributed by atoms with Crippen LogP contribution in [0.4, 0.5) is 0 Å². The zero-order valence-corrected chi connectivity index (χ0v) is 10.2. The van der Waals surface area contributed by atoms with E-state index in [0.717, 1.165) is 23.5 Å². The number of hydrogen-bond donors (Lipinski definition) is 1. The van der Waals surface area contributed by atoms with E-state index < -0.39 is 0 Å². The lowest BCUT2D eigenvalue weighted by atomic mass is 10.3. The number of H-pyrrole nitrogens is 1. The molecule has 2 heterocycles. The maximum absolute atomic E-state index is 11.8. The first-order valence-corrected chi connectivity index (χ1v) is 5.80. The summed E-state index contributed by atoms with van der Waals surface area (Å²) in [6, 6.07) is 7.47. The van der Waals surface area contributed by atoms with Crippen molar-refractivity contribution < 1.29 is 0 Å². The zero-order chi connectivity index (χ0) is 12.0. The molecule has 0 saturated carbocycles. The van der Waals surface area contributed by atoms with Crippen molar-refractivity contribution in [3.05, 3.63) is 50.9 Å². The topological polar surface area (TPSA) is 41.0 Å². The van der Waals surface area contributed by atoms with Crippen molar-refractivity contribution in [2.24, 2.45) is 0 Å². The van der Waals surface area contributed by atoms with Gasteiger partial charge in [0.2, 0.25) is 0 Å². The van der Waals surface area contributed by atoms with Gasteiger partial charge in [-0.05, 0) is 25.2 Å². The Morgan fingerprint density at radius 3 is 2.94 bits per heavy atom. The molecule has 3 rings (SSSR count). The third-order valence-corrected chi connectivity index (χ3v) is 3.25. The molecular formula is C12H12ClN3O. The van der Waals surface area contributed by atoms with Gasteiger partial charge in [-0.3, -0.25) is 19.5 Å². The van der Waals surface area contributed by atoms with Crippen molar-refractivity contribution in [1.82, 2.24) is 14.7 Å². The molecule has 5 heteroatoms. The Morgan fingerprint density at radius 1 is 1.35 bits per heavy atom. The van der Waals surface area contributed by atoms with Crippen LogP contribution < -0.4 is 5.56 Å². The van der Waals surface area contributed by atoms with Crippen LogP contribution >= 0.6 is 11.6 Å². The molecular weight excluding hydrogens is 238 g/mol. The Labute approximate surface area is 103 Å². The van der Waals surface area contributed by atoms with Gasteiger partial charge in [0.05, 0.1) is 16.9 Å². The molecule has 17 heavy (non-hydrogen) atoms. The van der Waals surface area contributed by atoms with Gasteiger partial charge >= 0.3 is 0 Å². The van der Waals surface area contributed by atoms with Crippen LogP contribution in [0.25, 0.3) is 5.69 Å². The summed E-state index contributed by atoms with van der Waals surface area (Å²) in [5.41, 5.74) is 2.77. The molecule has 0 spiro atoms. The van der Waals surface area contributed by atoms with Crippen LogP contribution in [0.3, 0.4) is 0 Å². The first kappa shape index (κ1) is 10.6. The van der Waals surface area contributed by atoms with E-state index in [1.54, 1.807) is 0 Å². The fourth-order valence-corrected chi connectivity index (χ4v) is 2.43. The Balaban J connectivity index is 2.17. The number of halogens is 1. The van der Waals surface area contributed by atoms with E-state index in [4.69, 9.17) is 11.6 Å². The van der Waals surface area contributed by atoms with E-state index in [9.17, 15) is 4.79 Å². The van der Waals surface area contributed by atoms with Crippen LogP contribution in [-0.2, 0) is 13.1 Å². The minimum atomic E-state index is -0.00988. The third kappa shape index (κ3) is 1.69. The second-order valence-corrected chi connectivity index (χ2v) is 4.79. The first-order valence-electron chi connectivity index (χ1n) is 5.42. The normalized spacial score (nSPS) is 15.2. The van der Waals surface area contributed by atoms with E-state index >= 15 is 0 Å². The highest BCUT2D eigenvalue weighted by Crippen LogP contribution is 2.22. The summed E-state index contributed by atoms with van der Waals surface area (Å²) in [6.45, 7) is 1.48. The summed E-state index contributed by atoms with van der Waals surface area (Å²) < 4.78 is 1.83. The standard InChI is InChI=1S/C12H12ClN3O/c1-15-6-10-11(7-15)16(14-12(10)17)9-4-2-3-8(13)5-9/h2-5H,6-7H2,1H3,(H,14,17). The highest BCUT2D eigenvalue weighted by Gasteiger charge is 2.24. The Hall–Kier alpha value is -1.52. The summed E-state index contributed by atoms with van der Waals surface area (Å²) in [7, 11) is 2.00. The van der Waals surface area contributed by atoms with Gasteiger partial charge in [0, 0.05) is 18.1 Å². The number of nitrogens with zero attached hydrogens (tertiary/aromatic N) is 2. The summed E-state index contributed by atoms with van der Waals surface area (Å²) >= 11 is 5.97. The number of fused-ring (bicyclic) bond motifs is 1. The molecule has 0 aliphatic carbocycles. The van der Waals surface area contributed by atoms with Gasteiger partial charge < -0.3 is 0 Å². The average molecular weight is 250 g/mol. The average Bonchev–Trinajstić information content (AvgIpc) is 2.79. The molecule has 2 aromatic rings. The number of hydrogen-bond acceptors (Lipinski definition) is 2. The lowest BCUT2D eigenvalue weighted by Crippen LogP contribution is -2.16. The first-order chi connectivity index (χ1) is 8.15. The predicted molar refractivity (Wildman–Crippen MR) is 66.6 cm³/mol. The van der Waals surface area contributed by atoms with Crippen LogP contribution in [0.2, 0.25) is 5.02 Å². The molecule has 1 aromatic carbocycles. The van der Waals surface area contributed by atoms with Crippen molar-refractivity contribution in [2.75, 3.05) is 7.05 Å². The smallest absolute Gasteiger partial charge is 0.269 e. The Morgan fingerprint density at radius 2 is 2.18 bits per heavy atom. The molecule has 1 aliphatic rings. The van der Waals surface area contributed by atoms with Crippen molar-refractivity contribution in [3.63, 3.8) is 0 Å². The predicted octanol–water partition coefficient (Wildman–Crippen LogP) is 1.76. The number of nitrogens with one attached hydrogen (secondary N) is 1. The van der Waals surface area contributed by atoms with Crippen LogP contribution in [-0.4, -0.2) is 21.7 Å². The number of benzene rings is 1. The summed E-state index contributed by atoms with van der Waals surface area (Å²) in [4.78, 5) is 13.9. The van der Waals surface area contributed by atoms with Gasteiger partial charge in [0.15, 0.2) is 0 Å². The quantitative estimate of drug-likeness (QED) is 0.837. The fourth-order valence-electron chi connectivity index (χ4n) is 2.25. The molecule has 0 bridgehead atoms. The van der Waals surface area contributed by atoms with Gasteiger partial charge in [0.1, 0.15) is 0 Å². The minimum absolute atomic E-state index is 0.00988. The molecule has 1 aromatic heterocycles. The van der Waals surface area contributed by atoms with E-state index in [0.29, 0.717) is 11.6 Å². The second-order valence-electron chi connectivity index (χ2n) is 4.35. The van der Waals surface area contributed by atoms with Crippen LogP contribution in [0.5, 0.6) is 0 Å².